The Hall–Kier alpha value is -3.42. The number of nitrogens with zero attached hydrogens (tertiary/aromatic N) is 2. The molecule has 4 amide bonds. The van der Waals surface area contributed by atoms with Crippen molar-refractivity contribution in [2.24, 2.45) is 0 Å². The number of benzene rings is 2. The highest BCUT2D eigenvalue weighted by Crippen LogP contribution is 2.31. The lowest BCUT2D eigenvalue weighted by Gasteiger charge is -2.26. The normalized spacial score (nSPS) is 18.1. The van der Waals surface area contributed by atoms with Crippen molar-refractivity contribution < 1.29 is 23.5 Å². The predicted molar refractivity (Wildman–Crippen MR) is 127 cm³/mol. The van der Waals surface area contributed by atoms with Crippen LogP contribution in [-0.4, -0.2) is 47.8 Å². The summed E-state index contributed by atoms with van der Waals surface area (Å²) in [5.41, 5.74) is 1.03. The maximum atomic E-state index is 14.0. The number of likely N-dealkylation sites (N-methyl/N-ethyl adjacent to an activating group) is 1. The highest BCUT2D eigenvalue weighted by atomic mass is 19.1. The molecule has 8 heteroatoms. The van der Waals surface area contributed by atoms with Gasteiger partial charge in [0.2, 0.25) is 5.91 Å². The van der Waals surface area contributed by atoms with Gasteiger partial charge in [0.25, 0.3) is 5.91 Å². The summed E-state index contributed by atoms with van der Waals surface area (Å²) in [6, 6.07) is 11.4. The number of hydrogen-bond donors (Lipinski definition) is 1. The minimum Gasteiger partial charge on any atom is -0.494 e. The van der Waals surface area contributed by atoms with Gasteiger partial charge in [-0.3, -0.25) is 14.5 Å². The number of hydrogen-bond acceptors (Lipinski definition) is 4. The molecule has 0 spiro atoms. The third-order valence-corrected chi connectivity index (χ3v) is 6.22. The van der Waals surface area contributed by atoms with Crippen molar-refractivity contribution in [1.82, 2.24) is 15.1 Å². The lowest BCUT2D eigenvalue weighted by atomic mass is 9.84. The molecule has 2 aromatic carbocycles. The van der Waals surface area contributed by atoms with Crippen LogP contribution in [0.25, 0.3) is 0 Å². The first kappa shape index (κ1) is 25.2. The minimum absolute atomic E-state index is 0.0444. The SMILES string of the molecule is CCN(Cc1ccc(OC)c(F)c1)C(=O)CN1C(=O)NC(C)(c2ccc(C(C)(C)C)cc2)C1=O. The molecule has 7 nitrogen and oxygen atoms in total. The summed E-state index contributed by atoms with van der Waals surface area (Å²) in [5.74, 6) is -1.30. The molecule has 1 atom stereocenters. The fourth-order valence-corrected chi connectivity index (χ4v) is 3.98. The second-order valence-electron chi connectivity index (χ2n) is 9.65. The Balaban J connectivity index is 1.74. The monoisotopic (exact) mass is 469 g/mol. The summed E-state index contributed by atoms with van der Waals surface area (Å²) in [6.45, 7) is 9.80. The van der Waals surface area contributed by atoms with Crippen molar-refractivity contribution >= 4 is 17.8 Å². The van der Waals surface area contributed by atoms with Gasteiger partial charge in [-0.25, -0.2) is 9.18 Å². The number of nitrogens with one attached hydrogen (secondary N) is 1. The average Bonchev–Trinajstić information content (AvgIpc) is 3.00. The van der Waals surface area contributed by atoms with E-state index in [-0.39, 0.29) is 17.7 Å². The van der Waals surface area contributed by atoms with Crippen molar-refractivity contribution in [2.75, 3.05) is 20.2 Å². The number of rotatable bonds is 7. The molecule has 182 valence electrons. The fourth-order valence-electron chi connectivity index (χ4n) is 3.98. The van der Waals surface area contributed by atoms with Gasteiger partial charge in [0.1, 0.15) is 12.1 Å². The van der Waals surface area contributed by atoms with E-state index in [0.717, 1.165) is 10.5 Å². The molecule has 1 fully saturated rings. The highest BCUT2D eigenvalue weighted by Gasteiger charge is 2.49. The zero-order valence-electron chi connectivity index (χ0n) is 20.6. The van der Waals surface area contributed by atoms with E-state index in [2.05, 4.69) is 26.1 Å². The molecule has 1 aliphatic rings. The first-order chi connectivity index (χ1) is 15.9. The van der Waals surface area contributed by atoms with Gasteiger partial charge in [-0.05, 0) is 48.1 Å². The van der Waals surface area contributed by atoms with Crippen LogP contribution in [0.15, 0.2) is 42.5 Å². The van der Waals surface area contributed by atoms with Crippen LogP contribution in [0.3, 0.4) is 0 Å². The van der Waals surface area contributed by atoms with Gasteiger partial charge in [-0.2, -0.15) is 0 Å². The number of imide groups is 1. The molecule has 3 rings (SSSR count). The number of carbonyl (C=O) groups is 3. The number of amides is 4. The van der Waals surface area contributed by atoms with Crippen LogP contribution >= 0.6 is 0 Å². The van der Waals surface area contributed by atoms with E-state index < -0.39 is 35.7 Å². The van der Waals surface area contributed by atoms with E-state index in [1.165, 1.54) is 24.1 Å². The minimum atomic E-state index is -1.26. The van der Waals surface area contributed by atoms with Crippen molar-refractivity contribution in [3.8, 4) is 5.75 Å². The molecule has 1 unspecified atom stereocenters. The van der Waals surface area contributed by atoms with Gasteiger partial charge in [0, 0.05) is 13.1 Å². The summed E-state index contributed by atoms with van der Waals surface area (Å²) < 4.78 is 19.0. The summed E-state index contributed by atoms with van der Waals surface area (Å²) >= 11 is 0. The zero-order chi connectivity index (χ0) is 25.3. The molecule has 0 aliphatic carbocycles. The summed E-state index contributed by atoms with van der Waals surface area (Å²) in [5, 5.41) is 2.74. The van der Waals surface area contributed by atoms with Crippen molar-refractivity contribution in [3.63, 3.8) is 0 Å². The molecule has 0 bridgehead atoms. The number of halogens is 1. The molecular weight excluding hydrogens is 437 g/mol. The van der Waals surface area contributed by atoms with Crippen LogP contribution in [0.2, 0.25) is 0 Å². The lowest BCUT2D eigenvalue weighted by molar-refractivity contribution is -0.139. The topological polar surface area (TPSA) is 79.0 Å². The van der Waals surface area contributed by atoms with Crippen LogP contribution in [-0.2, 0) is 27.1 Å². The predicted octanol–water partition coefficient (Wildman–Crippen LogP) is 3.95. The third kappa shape index (κ3) is 4.90. The Morgan fingerprint density at radius 3 is 2.32 bits per heavy atom. The second-order valence-corrected chi connectivity index (χ2v) is 9.65. The molecule has 0 radical (unpaired) electrons. The number of ether oxygens (including phenoxy) is 1. The molecular formula is C26H32FN3O4. The van der Waals surface area contributed by atoms with Gasteiger partial charge < -0.3 is 15.0 Å². The quantitative estimate of drug-likeness (QED) is 0.623. The molecule has 0 aromatic heterocycles. The second kappa shape index (κ2) is 9.44. The van der Waals surface area contributed by atoms with Gasteiger partial charge in [-0.15, -0.1) is 0 Å². The molecule has 2 aromatic rings. The molecule has 34 heavy (non-hydrogen) atoms. The molecule has 1 aliphatic heterocycles. The standard InChI is InChI=1S/C26H32FN3O4/c1-7-29(15-17-8-13-21(34-6)20(27)14-17)22(31)16-30-23(32)26(5,28-24(30)33)19-11-9-18(10-12-19)25(2,3)4/h8-14H,7,15-16H2,1-6H3,(H,28,33). The smallest absolute Gasteiger partial charge is 0.325 e. The molecule has 0 saturated carbocycles. The first-order valence-electron chi connectivity index (χ1n) is 11.3. The summed E-state index contributed by atoms with van der Waals surface area (Å²) in [7, 11) is 1.38. The van der Waals surface area contributed by atoms with E-state index in [9.17, 15) is 18.8 Å². The fraction of sp³-hybridized carbons (Fsp3) is 0.423. The Bertz CT molecular complexity index is 1090. The average molecular weight is 470 g/mol. The molecule has 1 heterocycles. The Kier molecular flexibility index (Phi) is 7.00. The molecule has 1 N–H and O–H groups in total. The summed E-state index contributed by atoms with van der Waals surface area (Å²) in [6.07, 6.45) is 0. The van der Waals surface area contributed by atoms with Crippen LogP contribution in [0.5, 0.6) is 5.75 Å². The van der Waals surface area contributed by atoms with Gasteiger partial charge in [0.05, 0.1) is 7.11 Å². The lowest BCUT2D eigenvalue weighted by Crippen LogP contribution is -2.44. The van der Waals surface area contributed by atoms with Gasteiger partial charge >= 0.3 is 6.03 Å². The van der Waals surface area contributed by atoms with E-state index in [1.807, 2.05) is 24.3 Å². The molecule has 1 saturated heterocycles. The van der Waals surface area contributed by atoms with E-state index in [4.69, 9.17) is 4.74 Å². The maximum Gasteiger partial charge on any atom is 0.325 e. The Morgan fingerprint density at radius 1 is 1.15 bits per heavy atom. The Morgan fingerprint density at radius 2 is 1.79 bits per heavy atom. The van der Waals surface area contributed by atoms with E-state index in [0.29, 0.717) is 17.7 Å². The van der Waals surface area contributed by atoms with Crippen LogP contribution in [0, 0.1) is 5.82 Å². The van der Waals surface area contributed by atoms with E-state index in [1.54, 1.807) is 19.9 Å². The van der Waals surface area contributed by atoms with Crippen molar-refractivity contribution in [1.29, 1.82) is 0 Å². The Labute approximate surface area is 199 Å². The summed E-state index contributed by atoms with van der Waals surface area (Å²) in [4.78, 5) is 41.3. The van der Waals surface area contributed by atoms with Crippen molar-refractivity contribution in [2.45, 2.75) is 52.1 Å². The highest BCUT2D eigenvalue weighted by molar-refractivity contribution is 6.09. The number of urea groups is 1. The van der Waals surface area contributed by atoms with Crippen LogP contribution in [0.1, 0.15) is 51.3 Å². The number of carbonyl (C=O) groups excluding carboxylic acids is 3. The third-order valence-electron chi connectivity index (χ3n) is 6.22. The van der Waals surface area contributed by atoms with Crippen LogP contribution < -0.4 is 10.1 Å². The van der Waals surface area contributed by atoms with Crippen LogP contribution in [0.4, 0.5) is 9.18 Å². The van der Waals surface area contributed by atoms with Crippen molar-refractivity contribution in [3.05, 3.63) is 65.0 Å². The largest absolute Gasteiger partial charge is 0.494 e. The van der Waals surface area contributed by atoms with E-state index >= 15 is 0 Å². The first-order valence-corrected chi connectivity index (χ1v) is 11.3. The van der Waals surface area contributed by atoms with Gasteiger partial charge in [-0.1, -0.05) is 51.1 Å². The number of methoxy groups -OCH3 is 1. The van der Waals surface area contributed by atoms with Gasteiger partial charge in [0.15, 0.2) is 11.6 Å². The maximum absolute atomic E-state index is 14.0. The zero-order valence-corrected chi connectivity index (χ0v) is 20.6.